The normalized spacial score (nSPS) is 22.7. The molecule has 3 N–H and O–H groups in total. The standard InChI is InChI=1S/C20H22F3N7O2/c1-10-11(2)20(10,18(31)26-9-19(21,22)23)29-15-7-27-30-17(28-15)14-6-25-16-13(14)4-12(5-24-16)8-32-3/h4-7,10-11H,8-9H2,1-3H3,(H,24,25)(H,26,31)(H,28,29,30)/t10-,11?,20?/m1/s1. The molecule has 3 aromatic rings. The number of nitrogens with zero attached hydrogens (tertiary/aromatic N) is 4. The number of rotatable bonds is 7. The molecule has 0 aromatic carbocycles. The van der Waals surface area contributed by atoms with Crippen molar-refractivity contribution < 1.29 is 22.7 Å². The molecule has 32 heavy (non-hydrogen) atoms. The van der Waals surface area contributed by atoms with Crippen molar-refractivity contribution in [2.75, 3.05) is 19.0 Å². The highest BCUT2D eigenvalue weighted by Gasteiger charge is 2.65. The number of aromatic amines is 1. The maximum Gasteiger partial charge on any atom is 0.405 e. The van der Waals surface area contributed by atoms with E-state index in [1.54, 1.807) is 33.4 Å². The molecular weight excluding hydrogens is 427 g/mol. The van der Waals surface area contributed by atoms with Crippen molar-refractivity contribution in [1.82, 2.24) is 30.5 Å². The number of anilines is 1. The number of fused-ring (bicyclic) bond motifs is 1. The summed E-state index contributed by atoms with van der Waals surface area (Å²) in [5.74, 6) is -0.588. The minimum atomic E-state index is -4.49. The predicted octanol–water partition coefficient (Wildman–Crippen LogP) is 2.68. The lowest BCUT2D eigenvalue weighted by molar-refractivity contribution is -0.139. The van der Waals surface area contributed by atoms with Crippen molar-refractivity contribution in [3.8, 4) is 11.4 Å². The summed E-state index contributed by atoms with van der Waals surface area (Å²) in [6.07, 6.45) is 0.238. The maximum absolute atomic E-state index is 12.6. The predicted molar refractivity (Wildman–Crippen MR) is 109 cm³/mol. The summed E-state index contributed by atoms with van der Waals surface area (Å²) < 4.78 is 42.9. The smallest absolute Gasteiger partial charge is 0.380 e. The van der Waals surface area contributed by atoms with E-state index in [9.17, 15) is 18.0 Å². The van der Waals surface area contributed by atoms with Crippen LogP contribution in [0.5, 0.6) is 0 Å². The zero-order chi connectivity index (χ0) is 23.1. The van der Waals surface area contributed by atoms with Gasteiger partial charge in [0.2, 0.25) is 5.91 Å². The van der Waals surface area contributed by atoms with Crippen molar-refractivity contribution in [1.29, 1.82) is 0 Å². The van der Waals surface area contributed by atoms with Gasteiger partial charge in [0.1, 0.15) is 23.5 Å². The van der Waals surface area contributed by atoms with Crippen LogP contribution in [0.2, 0.25) is 0 Å². The molecule has 0 aliphatic heterocycles. The van der Waals surface area contributed by atoms with Crippen LogP contribution in [0, 0.1) is 11.8 Å². The zero-order valence-electron chi connectivity index (χ0n) is 17.6. The lowest BCUT2D eigenvalue weighted by atomic mass is 10.1. The van der Waals surface area contributed by atoms with E-state index in [1.807, 2.05) is 11.4 Å². The van der Waals surface area contributed by atoms with Crippen LogP contribution in [0.3, 0.4) is 0 Å². The van der Waals surface area contributed by atoms with Gasteiger partial charge in [0.05, 0.1) is 12.8 Å². The molecule has 3 heterocycles. The van der Waals surface area contributed by atoms with E-state index in [0.29, 0.717) is 17.8 Å². The summed E-state index contributed by atoms with van der Waals surface area (Å²) in [7, 11) is 1.59. The molecule has 1 aliphatic carbocycles. The first-order chi connectivity index (χ1) is 15.2. The minimum absolute atomic E-state index is 0.192. The van der Waals surface area contributed by atoms with Gasteiger partial charge in [-0.2, -0.15) is 18.3 Å². The van der Waals surface area contributed by atoms with Crippen LogP contribution in [-0.4, -0.2) is 56.4 Å². The maximum atomic E-state index is 12.6. The molecule has 0 radical (unpaired) electrons. The molecule has 170 valence electrons. The zero-order valence-corrected chi connectivity index (χ0v) is 17.6. The van der Waals surface area contributed by atoms with Crippen molar-refractivity contribution in [3.05, 3.63) is 30.2 Å². The molecule has 9 nitrogen and oxygen atoms in total. The molecule has 1 aliphatic rings. The number of halogens is 3. The number of hydrogen-bond acceptors (Lipinski definition) is 7. The Balaban J connectivity index is 1.61. The van der Waals surface area contributed by atoms with E-state index in [2.05, 4.69) is 30.5 Å². The van der Waals surface area contributed by atoms with Crippen molar-refractivity contribution in [2.24, 2.45) is 11.8 Å². The van der Waals surface area contributed by atoms with Crippen LogP contribution in [-0.2, 0) is 16.1 Å². The van der Waals surface area contributed by atoms with Crippen molar-refractivity contribution >= 4 is 22.8 Å². The lowest BCUT2D eigenvalue weighted by Gasteiger charge is -2.20. The number of carbonyl (C=O) groups excluding carboxylic acids is 1. The molecule has 3 aromatic heterocycles. The first-order valence-corrected chi connectivity index (χ1v) is 9.94. The molecular formula is C20H22F3N7O2. The number of alkyl halides is 3. The molecule has 1 saturated carbocycles. The van der Waals surface area contributed by atoms with E-state index >= 15 is 0 Å². The Labute approximate surface area is 181 Å². The van der Waals surface area contributed by atoms with E-state index < -0.39 is 24.2 Å². The highest BCUT2D eigenvalue weighted by molar-refractivity contribution is 5.94. The van der Waals surface area contributed by atoms with E-state index in [1.165, 1.54) is 6.20 Å². The fourth-order valence-electron chi connectivity index (χ4n) is 3.97. The Kier molecular flexibility index (Phi) is 5.49. The summed E-state index contributed by atoms with van der Waals surface area (Å²) in [4.78, 5) is 24.5. The number of H-pyrrole nitrogens is 1. The average Bonchev–Trinajstić information content (AvgIpc) is 3.09. The fourth-order valence-corrected chi connectivity index (χ4v) is 3.97. The van der Waals surface area contributed by atoms with Gasteiger partial charge < -0.3 is 20.4 Å². The van der Waals surface area contributed by atoms with Crippen LogP contribution in [0.1, 0.15) is 19.4 Å². The number of hydrogen-bond donors (Lipinski definition) is 3. The van der Waals surface area contributed by atoms with E-state index in [-0.39, 0.29) is 23.5 Å². The lowest BCUT2D eigenvalue weighted by Crippen LogP contribution is -2.47. The first-order valence-electron chi connectivity index (χ1n) is 9.94. The van der Waals surface area contributed by atoms with Gasteiger partial charge in [-0.05, 0) is 23.5 Å². The minimum Gasteiger partial charge on any atom is -0.380 e. The van der Waals surface area contributed by atoms with Gasteiger partial charge in [0, 0.05) is 30.5 Å². The van der Waals surface area contributed by atoms with Gasteiger partial charge in [0.15, 0.2) is 5.82 Å². The molecule has 12 heteroatoms. The largest absolute Gasteiger partial charge is 0.405 e. The Morgan fingerprint density at radius 3 is 2.69 bits per heavy atom. The van der Waals surface area contributed by atoms with Crippen LogP contribution in [0.25, 0.3) is 22.4 Å². The van der Waals surface area contributed by atoms with Crippen LogP contribution in [0.15, 0.2) is 24.7 Å². The third kappa shape index (κ3) is 3.97. The number of ether oxygens (including phenoxy) is 1. The van der Waals surface area contributed by atoms with Gasteiger partial charge >= 0.3 is 6.18 Å². The monoisotopic (exact) mass is 449 g/mol. The molecule has 2 unspecified atom stereocenters. The Bertz CT molecular complexity index is 1140. The molecule has 0 spiro atoms. The Morgan fingerprint density at radius 1 is 1.28 bits per heavy atom. The van der Waals surface area contributed by atoms with Crippen molar-refractivity contribution in [3.63, 3.8) is 0 Å². The van der Waals surface area contributed by atoms with Gasteiger partial charge in [-0.25, -0.2) is 9.97 Å². The second-order valence-corrected chi connectivity index (χ2v) is 7.91. The topological polar surface area (TPSA) is 118 Å². The first kappa shape index (κ1) is 21.9. The van der Waals surface area contributed by atoms with Crippen molar-refractivity contribution in [2.45, 2.75) is 32.2 Å². The second kappa shape index (κ2) is 8.01. The molecule has 1 amide bonds. The average molecular weight is 449 g/mol. The van der Waals surface area contributed by atoms with Gasteiger partial charge in [-0.1, -0.05) is 13.8 Å². The third-order valence-electron chi connectivity index (χ3n) is 5.94. The summed E-state index contributed by atoms with van der Waals surface area (Å²) in [6.45, 7) is 2.58. The quantitative estimate of drug-likeness (QED) is 0.508. The molecule has 4 rings (SSSR count). The second-order valence-electron chi connectivity index (χ2n) is 7.91. The van der Waals surface area contributed by atoms with Gasteiger partial charge in [0.25, 0.3) is 0 Å². The van der Waals surface area contributed by atoms with Crippen LogP contribution in [0.4, 0.5) is 19.0 Å². The number of carbonyl (C=O) groups is 1. The van der Waals surface area contributed by atoms with Crippen LogP contribution >= 0.6 is 0 Å². The van der Waals surface area contributed by atoms with E-state index in [4.69, 9.17) is 4.74 Å². The highest BCUT2D eigenvalue weighted by Crippen LogP contribution is 2.52. The number of methoxy groups -OCH3 is 1. The van der Waals surface area contributed by atoms with E-state index in [0.717, 1.165) is 10.9 Å². The molecule has 3 atom stereocenters. The number of pyridine rings is 1. The summed E-state index contributed by atoms with van der Waals surface area (Å²) in [6, 6.07) is 1.90. The Morgan fingerprint density at radius 2 is 2.03 bits per heavy atom. The summed E-state index contributed by atoms with van der Waals surface area (Å²) in [5, 5.41) is 13.8. The summed E-state index contributed by atoms with van der Waals surface area (Å²) >= 11 is 0. The highest BCUT2D eigenvalue weighted by atomic mass is 19.4. The fraction of sp³-hybridized carbons (Fsp3) is 0.450. The SMILES string of the molecule is COCc1cnc2[nH]cc(-c3nncc(NC4(C(=O)NCC(F)(F)F)C(C)[C@H]4C)n3)c2c1. The third-order valence-corrected chi connectivity index (χ3v) is 5.94. The number of nitrogens with one attached hydrogen (secondary N) is 3. The molecule has 0 bridgehead atoms. The molecule has 0 saturated heterocycles. The van der Waals surface area contributed by atoms with Crippen LogP contribution < -0.4 is 10.6 Å². The van der Waals surface area contributed by atoms with Gasteiger partial charge in [-0.15, -0.1) is 5.10 Å². The molecule has 1 fully saturated rings. The summed E-state index contributed by atoms with van der Waals surface area (Å²) in [5.41, 5.74) is 0.943. The number of aromatic nitrogens is 5. The Hall–Kier alpha value is -3.28. The van der Waals surface area contributed by atoms with Gasteiger partial charge in [-0.3, -0.25) is 4.79 Å². The number of amides is 1.